The summed E-state index contributed by atoms with van der Waals surface area (Å²) in [6.07, 6.45) is 1.17. The Balaban J connectivity index is 0.000000845. The Hall–Kier alpha value is -0.530. The Bertz CT molecular complexity index is 285. The highest BCUT2D eigenvalue weighted by atomic mass is 35.5. The SMILES string of the molecule is CC1Cc2ccccc2C(C)N1.Cl. The van der Waals surface area contributed by atoms with Crippen LogP contribution in [-0.4, -0.2) is 6.04 Å². The summed E-state index contributed by atoms with van der Waals surface area (Å²) in [7, 11) is 0. The van der Waals surface area contributed by atoms with Gasteiger partial charge in [0.05, 0.1) is 0 Å². The quantitative estimate of drug-likeness (QED) is 0.675. The summed E-state index contributed by atoms with van der Waals surface area (Å²) in [5, 5.41) is 3.54. The summed E-state index contributed by atoms with van der Waals surface area (Å²) in [6.45, 7) is 4.47. The highest BCUT2D eigenvalue weighted by Crippen LogP contribution is 2.23. The second-order valence-corrected chi connectivity index (χ2v) is 3.69. The maximum absolute atomic E-state index is 3.54. The molecule has 1 aromatic rings. The summed E-state index contributed by atoms with van der Waals surface area (Å²) in [4.78, 5) is 0. The Morgan fingerprint density at radius 1 is 1.23 bits per heavy atom. The molecule has 1 aliphatic rings. The smallest absolute Gasteiger partial charge is 0.0297 e. The van der Waals surface area contributed by atoms with Crippen LogP contribution >= 0.6 is 12.4 Å². The van der Waals surface area contributed by atoms with Gasteiger partial charge in [-0.1, -0.05) is 24.3 Å². The van der Waals surface area contributed by atoms with Gasteiger partial charge in [-0.15, -0.1) is 12.4 Å². The van der Waals surface area contributed by atoms with E-state index in [-0.39, 0.29) is 12.4 Å². The van der Waals surface area contributed by atoms with Crippen molar-refractivity contribution in [2.45, 2.75) is 32.4 Å². The Kier molecular flexibility index (Phi) is 3.34. The van der Waals surface area contributed by atoms with Gasteiger partial charge in [-0.2, -0.15) is 0 Å². The fourth-order valence-corrected chi connectivity index (χ4v) is 2.05. The molecule has 13 heavy (non-hydrogen) atoms. The summed E-state index contributed by atoms with van der Waals surface area (Å²) in [5.41, 5.74) is 2.98. The molecule has 1 heterocycles. The minimum Gasteiger partial charge on any atom is -0.307 e. The van der Waals surface area contributed by atoms with E-state index in [1.165, 1.54) is 17.5 Å². The molecule has 1 aliphatic heterocycles. The van der Waals surface area contributed by atoms with Crippen molar-refractivity contribution in [3.8, 4) is 0 Å². The molecular formula is C11H16ClN. The standard InChI is InChI=1S/C11H15N.ClH/c1-8-7-10-5-3-4-6-11(10)9(2)12-8;/h3-6,8-9,12H,7H2,1-2H3;1H. The molecule has 0 radical (unpaired) electrons. The molecule has 0 amide bonds. The van der Waals surface area contributed by atoms with Crippen LogP contribution in [0.25, 0.3) is 0 Å². The normalized spacial score (nSPS) is 26.0. The van der Waals surface area contributed by atoms with E-state index in [0.717, 1.165) is 0 Å². The molecule has 0 bridgehead atoms. The second-order valence-electron chi connectivity index (χ2n) is 3.69. The van der Waals surface area contributed by atoms with Crippen molar-refractivity contribution in [1.82, 2.24) is 5.32 Å². The van der Waals surface area contributed by atoms with Crippen molar-refractivity contribution in [2.75, 3.05) is 0 Å². The first kappa shape index (κ1) is 10.6. The fourth-order valence-electron chi connectivity index (χ4n) is 2.05. The molecule has 1 N–H and O–H groups in total. The summed E-state index contributed by atoms with van der Waals surface area (Å²) in [5.74, 6) is 0. The van der Waals surface area contributed by atoms with Crippen molar-refractivity contribution in [1.29, 1.82) is 0 Å². The summed E-state index contributed by atoms with van der Waals surface area (Å²) >= 11 is 0. The number of fused-ring (bicyclic) bond motifs is 1. The van der Waals surface area contributed by atoms with E-state index in [1.807, 2.05) is 0 Å². The lowest BCUT2D eigenvalue weighted by Gasteiger charge is -2.28. The van der Waals surface area contributed by atoms with Crippen LogP contribution in [0.2, 0.25) is 0 Å². The van der Waals surface area contributed by atoms with Crippen LogP contribution in [0.4, 0.5) is 0 Å². The molecular weight excluding hydrogens is 182 g/mol. The molecule has 2 heteroatoms. The molecule has 1 aromatic carbocycles. The van der Waals surface area contributed by atoms with E-state index in [0.29, 0.717) is 12.1 Å². The van der Waals surface area contributed by atoms with Crippen molar-refractivity contribution >= 4 is 12.4 Å². The lowest BCUT2D eigenvalue weighted by Crippen LogP contribution is -2.35. The van der Waals surface area contributed by atoms with Crippen LogP contribution < -0.4 is 5.32 Å². The first-order valence-corrected chi connectivity index (χ1v) is 4.61. The van der Waals surface area contributed by atoms with Gasteiger partial charge in [0.15, 0.2) is 0 Å². The number of benzene rings is 1. The Labute approximate surface area is 86.0 Å². The highest BCUT2D eigenvalue weighted by molar-refractivity contribution is 5.85. The molecule has 0 fully saturated rings. The van der Waals surface area contributed by atoms with E-state index in [9.17, 15) is 0 Å². The van der Waals surface area contributed by atoms with Crippen molar-refractivity contribution in [3.63, 3.8) is 0 Å². The van der Waals surface area contributed by atoms with Gasteiger partial charge in [-0.25, -0.2) is 0 Å². The zero-order valence-electron chi connectivity index (χ0n) is 8.08. The number of hydrogen-bond acceptors (Lipinski definition) is 1. The minimum absolute atomic E-state index is 0. The van der Waals surface area contributed by atoms with Gasteiger partial charge in [0.1, 0.15) is 0 Å². The van der Waals surface area contributed by atoms with Crippen LogP contribution in [0.1, 0.15) is 31.0 Å². The molecule has 2 rings (SSSR count). The third-order valence-corrected chi connectivity index (χ3v) is 2.58. The molecule has 0 saturated heterocycles. The third-order valence-electron chi connectivity index (χ3n) is 2.58. The Morgan fingerprint density at radius 3 is 2.69 bits per heavy atom. The van der Waals surface area contributed by atoms with Gasteiger partial charge >= 0.3 is 0 Å². The highest BCUT2D eigenvalue weighted by Gasteiger charge is 2.18. The molecule has 2 atom stereocenters. The monoisotopic (exact) mass is 197 g/mol. The van der Waals surface area contributed by atoms with E-state index in [2.05, 4.69) is 43.4 Å². The van der Waals surface area contributed by atoms with Gasteiger partial charge in [0.25, 0.3) is 0 Å². The summed E-state index contributed by atoms with van der Waals surface area (Å²) in [6, 6.07) is 9.85. The van der Waals surface area contributed by atoms with Gasteiger partial charge < -0.3 is 5.32 Å². The minimum atomic E-state index is 0. The van der Waals surface area contributed by atoms with Gasteiger partial charge in [0.2, 0.25) is 0 Å². The molecule has 1 nitrogen and oxygen atoms in total. The van der Waals surface area contributed by atoms with Crippen LogP contribution in [0, 0.1) is 0 Å². The van der Waals surface area contributed by atoms with Crippen LogP contribution in [0.5, 0.6) is 0 Å². The van der Waals surface area contributed by atoms with Gasteiger partial charge in [-0.05, 0) is 31.4 Å². The molecule has 0 aliphatic carbocycles. The van der Waals surface area contributed by atoms with Crippen LogP contribution in [0.15, 0.2) is 24.3 Å². The van der Waals surface area contributed by atoms with Crippen LogP contribution in [-0.2, 0) is 6.42 Å². The maximum Gasteiger partial charge on any atom is 0.0297 e. The fraction of sp³-hybridized carbons (Fsp3) is 0.455. The largest absolute Gasteiger partial charge is 0.307 e. The van der Waals surface area contributed by atoms with Crippen molar-refractivity contribution in [2.24, 2.45) is 0 Å². The topological polar surface area (TPSA) is 12.0 Å². The average Bonchev–Trinajstić information content (AvgIpc) is 2.04. The lowest BCUT2D eigenvalue weighted by molar-refractivity contribution is 0.446. The third kappa shape index (κ3) is 2.04. The molecule has 2 unspecified atom stereocenters. The van der Waals surface area contributed by atoms with E-state index >= 15 is 0 Å². The zero-order valence-corrected chi connectivity index (χ0v) is 8.90. The van der Waals surface area contributed by atoms with Gasteiger partial charge in [0, 0.05) is 12.1 Å². The number of nitrogens with one attached hydrogen (secondary N) is 1. The van der Waals surface area contributed by atoms with E-state index in [1.54, 1.807) is 0 Å². The second kappa shape index (κ2) is 4.12. The molecule has 0 aromatic heterocycles. The van der Waals surface area contributed by atoms with E-state index < -0.39 is 0 Å². The number of rotatable bonds is 0. The van der Waals surface area contributed by atoms with E-state index in [4.69, 9.17) is 0 Å². The first-order valence-electron chi connectivity index (χ1n) is 4.61. The van der Waals surface area contributed by atoms with Gasteiger partial charge in [-0.3, -0.25) is 0 Å². The van der Waals surface area contributed by atoms with Crippen molar-refractivity contribution < 1.29 is 0 Å². The molecule has 0 saturated carbocycles. The zero-order chi connectivity index (χ0) is 8.55. The van der Waals surface area contributed by atoms with Crippen molar-refractivity contribution in [3.05, 3.63) is 35.4 Å². The predicted octanol–water partition coefficient (Wildman–Crippen LogP) is 2.70. The van der Waals surface area contributed by atoms with Crippen LogP contribution in [0.3, 0.4) is 0 Å². The molecule has 72 valence electrons. The Morgan fingerprint density at radius 2 is 1.92 bits per heavy atom. The number of halogens is 1. The molecule has 0 spiro atoms. The first-order chi connectivity index (χ1) is 5.77. The predicted molar refractivity (Wildman–Crippen MR) is 58.4 cm³/mol. The number of hydrogen-bond donors (Lipinski definition) is 1. The summed E-state index contributed by atoms with van der Waals surface area (Å²) < 4.78 is 0. The lowest BCUT2D eigenvalue weighted by atomic mass is 9.92. The average molecular weight is 198 g/mol. The maximum atomic E-state index is 3.54.